The fourth-order valence-electron chi connectivity index (χ4n) is 4.04. The van der Waals surface area contributed by atoms with E-state index in [4.69, 9.17) is 9.15 Å². The molecular formula is C24H23N3O7. The lowest BCUT2D eigenvalue weighted by molar-refractivity contribution is -0.857. The zero-order valence-corrected chi connectivity index (χ0v) is 18.9. The predicted molar refractivity (Wildman–Crippen MR) is 119 cm³/mol. The molecule has 1 N–H and O–H groups in total. The molecule has 1 aliphatic heterocycles. The number of nitrogens with one attached hydrogen (secondary N) is 1. The predicted octanol–water partition coefficient (Wildman–Crippen LogP) is 0.875. The summed E-state index contributed by atoms with van der Waals surface area (Å²) in [7, 11) is 5.25. The number of nitro groups is 1. The van der Waals surface area contributed by atoms with Crippen LogP contribution in [0.4, 0.5) is 5.69 Å². The summed E-state index contributed by atoms with van der Waals surface area (Å²) >= 11 is 0. The van der Waals surface area contributed by atoms with Crippen LogP contribution in [0, 0.1) is 10.1 Å². The molecule has 34 heavy (non-hydrogen) atoms. The standard InChI is InChI=1S/C24H23N3O7/c1-25(2)10-11-26-20(14-6-4-8-16(12-14)27(31)32)19(22(29)24(26)30)21(28)18-13-15-7-5-9-17(33-3)23(15)34-18/h4-9,12-13,20,29H,10-11H2,1-3H3. The number of benzene rings is 2. The van der Waals surface area contributed by atoms with Gasteiger partial charge in [-0.05, 0) is 23.5 Å². The average Bonchev–Trinajstić information content (AvgIpc) is 3.36. The van der Waals surface area contributed by atoms with Gasteiger partial charge in [0, 0.05) is 23.1 Å². The van der Waals surface area contributed by atoms with E-state index in [-0.39, 0.29) is 23.6 Å². The van der Waals surface area contributed by atoms with Crippen molar-refractivity contribution in [2.45, 2.75) is 6.04 Å². The Balaban J connectivity index is 1.83. The van der Waals surface area contributed by atoms with Crippen LogP contribution in [0.5, 0.6) is 5.75 Å². The molecule has 10 heteroatoms. The molecule has 10 nitrogen and oxygen atoms in total. The Kier molecular flexibility index (Phi) is 6.08. The lowest BCUT2D eigenvalue weighted by Crippen LogP contribution is -3.06. The largest absolute Gasteiger partial charge is 0.868 e. The number of non-ortho nitro benzene ring substituents is 1. The molecule has 0 saturated carbocycles. The number of ketones is 1. The molecule has 176 valence electrons. The number of quaternary nitrogens is 1. The molecule has 0 fully saturated rings. The number of rotatable bonds is 8. The van der Waals surface area contributed by atoms with Crippen molar-refractivity contribution >= 4 is 28.3 Å². The molecule has 0 radical (unpaired) electrons. The summed E-state index contributed by atoms with van der Waals surface area (Å²) < 4.78 is 11.0. The number of carbonyl (C=O) groups excluding carboxylic acids is 2. The molecule has 0 spiro atoms. The second-order valence-electron chi connectivity index (χ2n) is 8.27. The molecule has 1 aliphatic rings. The third-order valence-corrected chi connectivity index (χ3v) is 5.73. The molecule has 3 aromatic rings. The topological polar surface area (TPSA) is 130 Å². The Morgan fingerprint density at radius 1 is 1.21 bits per heavy atom. The third-order valence-electron chi connectivity index (χ3n) is 5.73. The number of hydrogen-bond acceptors (Lipinski definition) is 7. The minimum atomic E-state index is -1.07. The van der Waals surface area contributed by atoms with Crippen molar-refractivity contribution in [2.24, 2.45) is 0 Å². The maximum Gasteiger partial charge on any atom is 0.269 e. The van der Waals surface area contributed by atoms with E-state index < -0.39 is 28.4 Å². The number of ether oxygens (including phenoxy) is 1. The number of likely N-dealkylation sites (N-methyl/N-ethyl adjacent to an activating group) is 1. The van der Waals surface area contributed by atoms with Gasteiger partial charge in [-0.15, -0.1) is 0 Å². The summed E-state index contributed by atoms with van der Waals surface area (Å²) in [6.07, 6.45) is 0. The van der Waals surface area contributed by atoms with E-state index in [9.17, 15) is 24.8 Å². The van der Waals surface area contributed by atoms with Crippen LogP contribution in [0.2, 0.25) is 0 Å². The first-order valence-corrected chi connectivity index (χ1v) is 10.6. The fraction of sp³-hybridized carbons (Fsp3) is 0.250. The highest BCUT2D eigenvalue weighted by Crippen LogP contribution is 2.40. The van der Waals surface area contributed by atoms with E-state index in [1.54, 1.807) is 24.3 Å². The fourth-order valence-corrected chi connectivity index (χ4v) is 4.04. The molecule has 1 aromatic heterocycles. The van der Waals surface area contributed by atoms with E-state index in [2.05, 4.69) is 0 Å². The number of methoxy groups -OCH3 is 1. The Morgan fingerprint density at radius 3 is 2.62 bits per heavy atom. The lowest BCUT2D eigenvalue weighted by atomic mass is 9.94. The number of amides is 1. The van der Waals surface area contributed by atoms with Crippen LogP contribution >= 0.6 is 0 Å². The van der Waals surface area contributed by atoms with Crippen molar-refractivity contribution < 1.29 is 33.7 Å². The van der Waals surface area contributed by atoms with Gasteiger partial charge < -0.3 is 24.1 Å². The van der Waals surface area contributed by atoms with Crippen molar-refractivity contribution in [3.05, 3.63) is 81.3 Å². The minimum absolute atomic E-state index is 0.119. The molecular weight excluding hydrogens is 442 g/mol. The summed E-state index contributed by atoms with van der Waals surface area (Å²) in [6, 6.07) is 11.2. The van der Waals surface area contributed by atoms with Gasteiger partial charge in [0.25, 0.3) is 5.69 Å². The van der Waals surface area contributed by atoms with E-state index in [1.165, 1.54) is 36.3 Å². The van der Waals surface area contributed by atoms with Gasteiger partial charge in [-0.3, -0.25) is 19.7 Å². The smallest absolute Gasteiger partial charge is 0.269 e. The third kappa shape index (κ3) is 3.99. The molecule has 1 amide bonds. The Labute approximate surface area is 194 Å². The summed E-state index contributed by atoms with van der Waals surface area (Å²) in [5.41, 5.74) is 0.143. The quantitative estimate of drug-likeness (QED) is 0.297. The molecule has 1 atom stereocenters. The van der Waals surface area contributed by atoms with Crippen LogP contribution in [0.15, 0.2) is 64.3 Å². The van der Waals surface area contributed by atoms with Gasteiger partial charge in [0.2, 0.25) is 11.7 Å². The van der Waals surface area contributed by atoms with Crippen LogP contribution in [0.1, 0.15) is 22.2 Å². The number of nitro benzene ring substituents is 1. The van der Waals surface area contributed by atoms with Crippen molar-refractivity contribution in [3.8, 4) is 5.75 Å². The SMILES string of the molecule is COc1cccc2cc(C(=O)C3=C([O-])C(=O)N(CC[NH+](C)C)C3c3cccc([N+](=O)[O-])c3)oc12. The van der Waals surface area contributed by atoms with E-state index in [0.29, 0.717) is 28.8 Å². The molecule has 0 saturated heterocycles. The molecule has 1 unspecified atom stereocenters. The average molecular weight is 465 g/mol. The van der Waals surface area contributed by atoms with Crippen molar-refractivity contribution in [2.75, 3.05) is 34.3 Å². The van der Waals surface area contributed by atoms with Crippen LogP contribution in [-0.2, 0) is 4.79 Å². The van der Waals surface area contributed by atoms with Crippen LogP contribution in [0.25, 0.3) is 11.0 Å². The maximum absolute atomic E-state index is 13.5. The number of hydrogen-bond donors (Lipinski definition) is 1. The molecule has 2 heterocycles. The number of para-hydroxylation sites is 1. The maximum atomic E-state index is 13.5. The van der Waals surface area contributed by atoms with Gasteiger partial charge in [-0.25, -0.2) is 0 Å². The molecule has 0 bridgehead atoms. The second-order valence-corrected chi connectivity index (χ2v) is 8.27. The van der Waals surface area contributed by atoms with Gasteiger partial charge in [0.15, 0.2) is 17.1 Å². The Hall–Kier alpha value is -4.18. The van der Waals surface area contributed by atoms with E-state index in [1.807, 2.05) is 14.1 Å². The number of furan rings is 1. The van der Waals surface area contributed by atoms with Crippen LogP contribution in [0.3, 0.4) is 0 Å². The minimum Gasteiger partial charge on any atom is -0.868 e. The van der Waals surface area contributed by atoms with Gasteiger partial charge in [-0.2, -0.15) is 0 Å². The highest BCUT2D eigenvalue weighted by Gasteiger charge is 2.41. The second kappa shape index (κ2) is 8.99. The number of Topliss-reactive ketones (excluding diaryl/α,β-unsaturated/α-hetero) is 1. The monoisotopic (exact) mass is 465 g/mol. The summed E-state index contributed by atoms with van der Waals surface area (Å²) in [4.78, 5) is 39.6. The number of carbonyl (C=O) groups is 2. The first-order valence-electron chi connectivity index (χ1n) is 10.6. The Morgan fingerprint density at radius 2 is 1.94 bits per heavy atom. The zero-order chi connectivity index (χ0) is 24.6. The molecule has 2 aromatic carbocycles. The van der Waals surface area contributed by atoms with Crippen molar-refractivity contribution in [3.63, 3.8) is 0 Å². The first-order chi connectivity index (χ1) is 16.2. The lowest BCUT2D eigenvalue weighted by Gasteiger charge is -2.27. The van der Waals surface area contributed by atoms with Crippen LogP contribution < -0.4 is 14.7 Å². The van der Waals surface area contributed by atoms with Gasteiger partial charge >= 0.3 is 0 Å². The van der Waals surface area contributed by atoms with Gasteiger partial charge in [-0.1, -0.05) is 24.3 Å². The first kappa shape index (κ1) is 23.0. The van der Waals surface area contributed by atoms with Crippen molar-refractivity contribution in [1.29, 1.82) is 0 Å². The number of nitrogens with zero attached hydrogens (tertiary/aromatic N) is 2. The van der Waals surface area contributed by atoms with Gasteiger partial charge in [0.1, 0.15) is 0 Å². The highest BCUT2D eigenvalue weighted by atomic mass is 16.6. The van der Waals surface area contributed by atoms with E-state index >= 15 is 0 Å². The molecule has 4 rings (SSSR count). The summed E-state index contributed by atoms with van der Waals surface area (Å²) in [5, 5.41) is 25.0. The Bertz CT molecular complexity index is 1330. The molecule has 0 aliphatic carbocycles. The van der Waals surface area contributed by atoms with Gasteiger partial charge in [0.05, 0.1) is 45.3 Å². The highest BCUT2D eigenvalue weighted by molar-refractivity contribution is 6.16. The van der Waals surface area contributed by atoms with E-state index in [0.717, 1.165) is 4.90 Å². The number of fused-ring (bicyclic) bond motifs is 1. The summed E-state index contributed by atoms with van der Waals surface area (Å²) in [6.45, 7) is 0.693. The van der Waals surface area contributed by atoms with Crippen molar-refractivity contribution in [1.82, 2.24) is 4.90 Å². The van der Waals surface area contributed by atoms with Crippen LogP contribution in [-0.4, -0.2) is 55.8 Å². The summed E-state index contributed by atoms with van der Waals surface area (Å²) in [5.74, 6) is -2.21. The zero-order valence-electron chi connectivity index (χ0n) is 18.9. The normalized spacial score (nSPS) is 16.1.